The minimum Gasteiger partial charge on any atom is -0.361 e. The zero-order chi connectivity index (χ0) is 23.4. The van der Waals surface area contributed by atoms with Crippen molar-refractivity contribution in [3.05, 3.63) is 58.3 Å². The van der Waals surface area contributed by atoms with Crippen LogP contribution in [0.15, 0.2) is 41.6 Å². The van der Waals surface area contributed by atoms with E-state index in [2.05, 4.69) is 67.6 Å². The number of hydrogen-bond donors (Lipinski definition) is 3. The third-order valence-corrected chi connectivity index (χ3v) is 6.13. The first-order chi connectivity index (χ1) is 15.2. The number of carbonyl (C=O) groups excluding carboxylic acids is 2. The molecule has 0 saturated carbocycles. The van der Waals surface area contributed by atoms with Crippen molar-refractivity contribution in [3.8, 4) is 0 Å². The Kier molecular flexibility index (Phi) is 7.60. The molecule has 1 fully saturated rings. The van der Waals surface area contributed by atoms with Gasteiger partial charge in [0.25, 0.3) is 0 Å². The molecule has 1 aromatic carbocycles. The third kappa shape index (κ3) is 5.70. The van der Waals surface area contributed by atoms with Crippen LogP contribution in [0, 0.1) is 5.92 Å². The first kappa shape index (κ1) is 23.8. The maximum absolute atomic E-state index is 12.5. The van der Waals surface area contributed by atoms with Gasteiger partial charge in [-0.1, -0.05) is 37.1 Å². The molecule has 3 rings (SSSR count). The molecule has 3 N–H and O–H groups in total. The number of aromatic nitrogens is 1. The normalized spacial score (nSPS) is 18.5. The van der Waals surface area contributed by atoms with Crippen LogP contribution in [0.5, 0.6) is 0 Å². The van der Waals surface area contributed by atoms with E-state index in [1.807, 2.05) is 20.0 Å². The topological polar surface area (TPSA) is 74.0 Å². The van der Waals surface area contributed by atoms with Crippen LogP contribution in [0.4, 0.5) is 0 Å². The van der Waals surface area contributed by atoms with Gasteiger partial charge in [-0.25, -0.2) is 0 Å². The molecule has 1 saturated heterocycles. The number of aromatic amines is 1. The van der Waals surface area contributed by atoms with Gasteiger partial charge in [0.05, 0.1) is 0 Å². The number of piperazine rings is 1. The van der Waals surface area contributed by atoms with Crippen molar-refractivity contribution in [2.45, 2.75) is 79.3 Å². The third-order valence-electron chi connectivity index (χ3n) is 6.13. The average Bonchev–Trinajstić information content (AvgIpc) is 3.11. The highest BCUT2D eigenvalue weighted by atomic mass is 16.2. The van der Waals surface area contributed by atoms with E-state index in [1.165, 1.54) is 33.2 Å². The summed E-state index contributed by atoms with van der Waals surface area (Å²) < 4.78 is 0. The van der Waals surface area contributed by atoms with E-state index >= 15 is 0 Å². The first-order valence-corrected chi connectivity index (χ1v) is 11.6. The van der Waals surface area contributed by atoms with Gasteiger partial charge in [-0.2, -0.15) is 0 Å². The Bertz CT molecular complexity index is 1050. The molecule has 0 radical (unpaired) electrons. The molecule has 1 aliphatic rings. The molecule has 2 amide bonds. The minimum atomic E-state index is -0.482. The maximum Gasteiger partial charge on any atom is 0.243 e. The van der Waals surface area contributed by atoms with Gasteiger partial charge < -0.3 is 15.6 Å². The standard InChI is InChI=1S/C27H37N3O2/c1-16(2)7-9-19-13-22-21(15-28-24(22)14-20(19)10-8-17(3)4)11-12-23-26(31)30-25(18(5)6)27(32)29-23/h7-8,13-15,18,23,25,28H,9-12H2,1-6H3,(H,29,32)(H,30,31)/t23-,25+/m0/s1. The number of aryl methyl sites for hydroxylation is 1. The number of nitrogens with one attached hydrogen (secondary N) is 3. The molecule has 0 spiro atoms. The number of carbonyl (C=O) groups is 2. The summed E-state index contributed by atoms with van der Waals surface area (Å²) in [5.74, 6) is -0.0962. The quantitative estimate of drug-likeness (QED) is 0.523. The van der Waals surface area contributed by atoms with E-state index in [0.717, 1.165) is 24.8 Å². The van der Waals surface area contributed by atoms with Crippen molar-refractivity contribution < 1.29 is 9.59 Å². The van der Waals surface area contributed by atoms with Gasteiger partial charge in [0.1, 0.15) is 12.1 Å². The molecule has 172 valence electrons. The molecule has 2 heterocycles. The molecule has 32 heavy (non-hydrogen) atoms. The van der Waals surface area contributed by atoms with Crippen molar-refractivity contribution in [2.24, 2.45) is 5.92 Å². The summed E-state index contributed by atoms with van der Waals surface area (Å²) in [6.07, 6.45) is 9.71. The molecule has 2 aromatic rings. The fraction of sp³-hybridized carbons (Fsp3) is 0.481. The van der Waals surface area contributed by atoms with Crippen LogP contribution in [-0.4, -0.2) is 28.9 Å². The molecule has 0 aliphatic carbocycles. The molecular formula is C27H37N3O2. The molecule has 1 aliphatic heterocycles. The summed E-state index contributed by atoms with van der Waals surface area (Å²) >= 11 is 0. The second-order valence-corrected chi connectivity index (χ2v) is 9.78. The molecular weight excluding hydrogens is 398 g/mol. The van der Waals surface area contributed by atoms with Gasteiger partial charge in [0.15, 0.2) is 0 Å². The fourth-order valence-corrected chi connectivity index (χ4v) is 4.15. The number of allylic oxidation sites excluding steroid dienone is 4. The zero-order valence-corrected chi connectivity index (χ0v) is 20.3. The molecule has 1 aromatic heterocycles. The lowest BCUT2D eigenvalue weighted by atomic mass is 9.94. The Morgan fingerprint density at radius 1 is 0.906 bits per heavy atom. The summed E-state index contributed by atoms with van der Waals surface area (Å²) in [6.45, 7) is 12.4. The highest BCUT2D eigenvalue weighted by Crippen LogP contribution is 2.26. The maximum atomic E-state index is 12.5. The largest absolute Gasteiger partial charge is 0.361 e. The summed E-state index contributed by atoms with van der Waals surface area (Å²) in [5.41, 5.74) is 7.60. The number of hydrogen-bond acceptors (Lipinski definition) is 2. The van der Waals surface area contributed by atoms with Gasteiger partial charge in [-0.05, 0) is 88.1 Å². The lowest BCUT2D eigenvalue weighted by Crippen LogP contribution is -2.63. The Balaban J connectivity index is 1.81. The van der Waals surface area contributed by atoms with Crippen LogP contribution in [0.3, 0.4) is 0 Å². The molecule has 0 unspecified atom stereocenters. The Morgan fingerprint density at radius 3 is 2.12 bits per heavy atom. The van der Waals surface area contributed by atoms with E-state index in [0.29, 0.717) is 6.42 Å². The van der Waals surface area contributed by atoms with Crippen LogP contribution in [0.2, 0.25) is 0 Å². The van der Waals surface area contributed by atoms with Crippen LogP contribution < -0.4 is 10.6 Å². The van der Waals surface area contributed by atoms with Crippen LogP contribution >= 0.6 is 0 Å². The van der Waals surface area contributed by atoms with E-state index in [1.54, 1.807) is 0 Å². The van der Waals surface area contributed by atoms with E-state index in [9.17, 15) is 9.59 Å². The Labute approximate surface area is 191 Å². The van der Waals surface area contributed by atoms with E-state index < -0.39 is 12.1 Å². The predicted molar refractivity (Wildman–Crippen MR) is 132 cm³/mol. The summed E-state index contributed by atoms with van der Waals surface area (Å²) in [4.78, 5) is 28.3. The molecule has 0 bridgehead atoms. The van der Waals surface area contributed by atoms with Crippen LogP contribution in [0.1, 0.15) is 64.7 Å². The van der Waals surface area contributed by atoms with Crippen molar-refractivity contribution in [1.29, 1.82) is 0 Å². The first-order valence-electron chi connectivity index (χ1n) is 11.6. The van der Waals surface area contributed by atoms with E-state index in [4.69, 9.17) is 0 Å². The van der Waals surface area contributed by atoms with Crippen molar-refractivity contribution in [1.82, 2.24) is 15.6 Å². The minimum absolute atomic E-state index is 0.0771. The summed E-state index contributed by atoms with van der Waals surface area (Å²) in [6, 6.07) is 3.63. The highest BCUT2D eigenvalue weighted by Gasteiger charge is 2.34. The highest BCUT2D eigenvalue weighted by molar-refractivity contribution is 5.97. The SMILES string of the molecule is CC(C)=CCc1cc2[nH]cc(CC[C@@H]3NC(=O)[C@@H](C(C)C)NC3=O)c2cc1CC=C(C)C. The van der Waals surface area contributed by atoms with Crippen molar-refractivity contribution >= 4 is 22.7 Å². The fourth-order valence-electron chi connectivity index (χ4n) is 4.15. The Morgan fingerprint density at radius 2 is 1.53 bits per heavy atom. The Hall–Kier alpha value is -2.82. The van der Waals surface area contributed by atoms with E-state index in [-0.39, 0.29) is 17.7 Å². The van der Waals surface area contributed by atoms with Crippen LogP contribution in [-0.2, 0) is 28.9 Å². The second-order valence-electron chi connectivity index (χ2n) is 9.78. The number of fused-ring (bicyclic) bond motifs is 1. The van der Waals surface area contributed by atoms with Gasteiger partial charge in [-0.3, -0.25) is 9.59 Å². The lowest BCUT2D eigenvalue weighted by Gasteiger charge is -2.31. The lowest BCUT2D eigenvalue weighted by molar-refractivity contribution is -0.138. The monoisotopic (exact) mass is 435 g/mol. The number of H-pyrrole nitrogens is 1. The smallest absolute Gasteiger partial charge is 0.243 e. The van der Waals surface area contributed by atoms with Gasteiger partial charge in [-0.15, -0.1) is 0 Å². The van der Waals surface area contributed by atoms with Gasteiger partial charge in [0.2, 0.25) is 11.8 Å². The van der Waals surface area contributed by atoms with Crippen molar-refractivity contribution in [2.75, 3.05) is 0 Å². The van der Waals surface area contributed by atoms with Crippen LogP contribution in [0.25, 0.3) is 10.9 Å². The molecule has 5 heteroatoms. The van der Waals surface area contributed by atoms with Gasteiger partial charge in [0, 0.05) is 17.1 Å². The summed E-state index contributed by atoms with van der Waals surface area (Å²) in [5, 5.41) is 6.99. The summed E-state index contributed by atoms with van der Waals surface area (Å²) in [7, 11) is 0. The predicted octanol–water partition coefficient (Wildman–Crippen LogP) is 4.76. The van der Waals surface area contributed by atoms with Crippen molar-refractivity contribution in [3.63, 3.8) is 0 Å². The zero-order valence-electron chi connectivity index (χ0n) is 20.3. The number of rotatable bonds is 8. The second kappa shape index (κ2) is 10.2. The number of benzene rings is 1. The molecule has 5 nitrogen and oxygen atoms in total. The number of amides is 2. The molecule has 2 atom stereocenters. The van der Waals surface area contributed by atoms with Gasteiger partial charge >= 0.3 is 0 Å². The average molecular weight is 436 g/mol.